The minimum Gasteiger partial charge on any atom is -0.459 e. The fourth-order valence-electron chi connectivity index (χ4n) is 1.07. The summed E-state index contributed by atoms with van der Waals surface area (Å²) in [6.07, 6.45) is 0.452. The number of hydrogen-bond acceptors (Lipinski definition) is 2. The maximum absolute atomic E-state index is 11.8. The molecule has 0 heterocycles. The molecule has 0 N–H and O–H groups in total. The van der Waals surface area contributed by atoms with Crippen molar-refractivity contribution in [3.63, 3.8) is 0 Å². The van der Waals surface area contributed by atoms with E-state index in [0.717, 1.165) is 15.5 Å². The standard InChI is InChI=1S/C13H30N2O2/c1-13(2,15(6,7)8)11-12(16)17-10-9-14(3,4)5/h9-11H2,1-8H3/q+2. The van der Waals surface area contributed by atoms with Gasteiger partial charge in [-0.1, -0.05) is 0 Å². The van der Waals surface area contributed by atoms with E-state index in [1.165, 1.54) is 0 Å². The molecule has 0 spiro atoms. The van der Waals surface area contributed by atoms with Gasteiger partial charge in [0, 0.05) is 0 Å². The highest BCUT2D eigenvalue weighted by Crippen LogP contribution is 2.22. The number of carbonyl (C=O) groups excluding carboxylic acids is 1. The Kier molecular flexibility index (Phi) is 5.16. The normalized spacial score (nSPS) is 13.6. The third kappa shape index (κ3) is 6.64. The van der Waals surface area contributed by atoms with E-state index in [0.29, 0.717) is 13.0 Å². The van der Waals surface area contributed by atoms with E-state index in [4.69, 9.17) is 4.74 Å². The lowest BCUT2D eigenvalue weighted by Crippen LogP contribution is -2.54. The molecule has 0 aromatic carbocycles. The Bertz CT molecular complexity index is 260. The molecule has 0 saturated heterocycles. The summed E-state index contributed by atoms with van der Waals surface area (Å²) < 4.78 is 6.84. The molecule has 0 radical (unpaired) electrons. The molecule has 0 aliphatic heterocycles. The average Bonchev–Trinajstić information content (AvgIpc) is 1.97. The molecule has 4 heteroatoms. The summed E-state index contributed by atoms with van der Waals surface area (Å²) in [5.41, 5.74) is -0.103. The summed E-state index contributed by atoms with van der Waals surface area (Å²) >= 11 is 0. The number of likely N-dealkylation sites (N-methyl/N-ethyl adjacent to an activating group) is 1. The van der Waals surface area contributed by atoms with Crippen LogP contribution >= 0.6 is 0 Å². The predicted octanol–water partition coefficient (Wildman–Crippen LogP) is 1.11. The van der Waals surface area contributed by atoms with Crippen molar-refractivity contribution < 1.29 is 18.5 Å². The van der Waals surface area contributed by atoms with E-state index in [2.05, 4.69) is 56.1 Å². The van der Waals surface area contributed by atoms with Gasteiger partial charge in [-0.15, -0.1) is 0 Å². The molecule has 0 unspecified atom stereocenters. The number of ether oxygens (including phenoxy) is 1. The zero-order valence-corrected chi connectivity index (χ0v) is 12.8. The van der Waals surface area contributed by atoms with Gasteiger partial charge in [0.2, 0.25) is 0 Å². The zero-order valence-electron chi connectivity index (χ0n) is 12.8. The molecule has 0 bridgehead atoms. The van der Waals surface area contributed by atoms with Crippen LogP contribution in [0, 0.1) is 0 Å². The van der Waals surface area contributed by atoms with Gasteiger partial charge in [0.05, 0.1) is 48.7 Å². The maximum Gasteiger partial charge on any atom is 0.312 e. The van der Waals surface area contributed by atoms with Crippen molar-refractivity contribution in [1.29, 1.82) is 0 Å². The molecule has 0 atom stereocenters. The molecular weight excluding hydrogens is 216 g/mol. The van der Waals surface area contributed by atoms with Crippen LogP contribution in [0.2, 0.25) is 0 Å². The van der Waals surface area contributed by atoms with Gasteiger partial charge >= 0.3 is 5.97 Å². The molecule has 17 heavy (non-hydrogen) atoms. The van der Waals surface area contributed by atoms with Crippen molar-refractivity contribution in [2.75, 3.05) is 55.4 Å². The van der Waals surface area contributed by atoms with Gasteiger partial charge in [-0.05, 0) is 13.8 Å². The van der Waals surface area contributed by atoms with Crippen LogP contribution in [0.1, 0.15) is 20.3 Å². The average molecular weight is 246 g/mol. The Morgan fingerprint density at radius 2 is 1.53 bits per heavy atom. The summed E-state index contributed by atoms with van der Waals surface area (Å²) in [6.45, 7) is 5.52. The van der Waals surface area contributed by atoms with Gasteiger partial charge < -0.3 is 13.7 Å². The molecule has 0 fully saturated rings. The van der Waals surface area contributed by atoms with Gasteiger partial charge in [-0.2, -0.15) is 0 Å². The van der Waals surface area contributed by atoms with Crippen molar-refractivity contribution in [2.45, 2.75) is 25.8 Å². The molecule has 0 aromatic heterocycles. The molecule has 0 aliphatic carbocycles. The van der Waals surface area contributed by atoms with Crippen LogP contribution in [0.4, 0.5) is 0 Å². The second kappa shape index (κ2) is 5.36. The summed E-state index contributed by atoms with van der Waals surface area (Å²) in [7, 11) is 12.6. The minimum atomic E-state index is -0.103. The van der Waals surface area contributed by atoms with E-state index >= 15 is 0 Å². The number of rotatable bonds is 6. The lowest BCUT2D eigenvalue weighted by molar-refractivity contribution is -0.919. The fraction of sp³-hybridized carbons (Fsp3) is 0.923. The van der Waals surface area contributed by atoms with Crippen molar-refractivity contribution in [3.05, 3.63) is 0 Å². The Morgan fingerprint density at radius 1 is 1.06 bits per heavy atom. The zero-order chi connectivity index (χ0) is 13.9. The number of hydrogen-bond donors (Lipinski definition) is 0. The largest absolute Gasteiger partial charge is 0.459 e. The topological polar surface area (TPSA) is 26.3 Å². The molecule has 0 aliphatic rings. The summed E-state index contributed by atoms with van der Waals surface area (Å²) in [5, 5.41) is 0. The number of nitrogens with zero attached hydrogens (tertiary/aromatic N) is 2. The number of esters is 1. The van der Waals surface area contributed by atoms with E-state index in [1.807, 2.05) is 0 Å². The molecule has 0 aromatic rings. The summed E-state index contributed by atoms with van der Waals surface area (Å²) in [5.74, 6) is -0.100. The molecule has 0 rings (SSSR count). The summed E-state index contributed by atoms with van der Waals surface area (Å²) in [6, 6.07) is 0. The Balaban J connectivity index is 4.12. The molecule has 0 amide bonds. The Morgan fingerprint density at radius 3 is 1.88 bits per heavy atom. The maximum atomic E-state index is 11.8. The van der Waals surface area contributed by atoms with Gasteiger partial charge in [-0.3, -0.25) is 4.79 Å². The highest BCUT2D eigenvalue weighted by atomic mass is 16.5. The monoisotopic (exact) mass is 246 g/mol. The third-order valence-corrected chi connectivity index (χ3v) is 3.42. The van der Waals surface area contributed by atoms with E-state index < -0.39 is 0 Å². The number of quaternary nitrogens is 2. The molecule has 102 valence electrons. The van der Waals surface area contributed by atoms with Crippen LogP contribution in [0.3, 0.4) is 0 Å². The number of carbonyl (C=O) groups is 1. The second-order valence-corrected chi connectivity index (χ2v) is 7.24. The first-order chi connectivity index (χ1) is 7.35. The smallest absolute Gasteiger partial charge is 0.312 e. The summed E-state index contributed by atoms with van der Waals surface area (Å²) in [4.78, 5) is 11.8. The quantitative estimate of drug-likeness (QED) is 0.518. The van der Waals surface area contributed by atoms with E-state index in [1.54, 1.807) is 0 Å². The van der Waals surface area contributed by atoms with Gasteiger partial charge in [0.15, 0.2) is 0 Å². The van der Waals surface area contributed by atoms with Crippen molar-refractivity contribution in [3.8, 4) is 0 Å². The van der Waals surface area contributed by atoms with Crippen molar-refractivity contribution in [2.24, 2.45) is 0 Å². The van der Waals surface area contributed by atoms with Gasteiger partial charge in [0.25, 0.3) is 0 Å². The lowest BCUT2D eigenvalue weighted by atomic mass is 9.97. The highest BCUT2D eigenvalue weighted by Gasteiger charge is 2.35. The SMILES string of the molecule is CC(C)(CC(=O)OCC[N+](C)(C)C)[N+](C)(C)C. The molecular formula is C13H30N2O2+2. The first-order valence-corrected chi connectivity index (χ1v) is 6.13. The van der Waals surface area contributed by atoms with Crippen LogP contribution in [-0.4, -0.2) is 75.9 Å². The second-order valence-electron chi connectivity index (χ2n) is 7.24. The van der Waals surface area contributed by atoms with E-state index in [9.17, 15) is 4.79 Å². The van der Waals surface area contributed by atoms with Gasteiger partial charge in [0.1, 0.15) is 18.7 Å². The lowest BCUT2D eigenvalue weighted by Gasteiger charge is -2.40. The van der Waals surface area contributed by atoms with Gasteiger partial charge in [-0.25, -0.2) is 0 Å². The Hall–Kier alpha value is -0.610. The van der Waals surface area contributed by atoms with Crippen LogP contribution in [0.5, 0.6) is 0 Å². The molecule has 4 nitrogen and oxygen atoms in total. The first-order valence-electron chi connectivity index (χ1n) is 6.13. The fourth-order valence-corrected chi connectivity index (χ4v) is 1.07. The van der Waals surface area contributed by atoms with E-state index in [-0.39, 0.29) is 11.5 Å². The Labute approximate surface area is 106 Å². The minimum absolute atomic E-state index is 0.100. The first kappa shape index (κ1) is 16.4. The predicted molar refractivity (Wildman–Crippen MR) is 70.6 cm³/mol. The van der Waals surface area contributed by atoms with Crippen LogP contribution < -0.4 is 0 Å². The van der Waals surface area contributed by atoms with Crippen molar-refractivity contribution in [1.82, 2.24) is 0 Å². The van der Waals surface area contributed by atoms with Crippen LogP contribution in [0.15, 0.2) is 0 Å². The van der Waals surface area contributed by atoms with Crippen LogP contribution in [0.25, 0.3) is 0 Å². The third-order valence-electron chi connectivity index (χ3n) is 3.42. The molecule has 0 saturated carbocycles. The van der Waals surface area contributed by atoms with Crippen molar-refractivity contribution >= 4 is 5.97 Å². The highest BCUT2D eigenvalue weighted by molar-refractivity contribution is 5.70. The van der Waals surface area contributed by atoms with Crippen LogP contribution in [-0.2, 0) is 9.53 Å².